The van der Waals surface area contributed by atoms with Crippen LogP contribution in [0.2, 0.25) is 0 Å². The number of piperidine rings is 1. The van der Waals surface area contributed by atoms with Crippen molar-refractivity contribution >= 4 is 11.9 Å². The molecule has 18 heavy (non-hydrogen) atoms. The van der Waals surface area contributed by atoms with Crippen molar-refractivity contribution in [3.05, 3.63) is 0 Å². The summed E-state index contributed by atoms with van der Waals surface area (Å²) in [5.74, 6) is -0.657. The Morgan fingerprint density at radius 3 is 2.39 bits per heavy atom. The SMILES string of the molecule is CC(CCC(=O)O)NC(C)C(=O)N1CCCCC1. The third-order valence-electron chi connectivity index (χ3n) is 3.36. The van der Waals surface area contributed by atoms with E-state index < -0.39 is 5.97 Å². The van der Waals surface area contributed by atoms with Gasteiger partial charge >= 0.3 is 5.97 Å². The number of carboxylic acids is 1. The molecular formula is C13H24N2O3. The fourth-order valence-corrected chi connectivity index (χ4v) is 2.31. The summed E-state index contributed by atoms with van der Waals surface area (Å²) in [6.07, 6.45) is 4.08. The molecule has 2 unspecified atom stereocenters. The number of amides is 1. The van der Waals surface area contributed by atoms with Gasteiger partial charge in [-0.05, 0) is 39.5 Å². The van der Waals surface area contributed by atoms with Crippen molar-refractivity contribution in [2.75, 3.05) is 13.1 Å². The van der Waals surface area contributed by atoms with Crippen LogP contribution in [0.4, 0.5) is 0 Å². The summed E-state index contributed by atoms with van der Waals surface area (Å²) < 4.78 is 0. The molecule has 0 aromatic carbocycles. The van der Waals surface area contributed by atoms with E-state index in [1.165, 1.54) is 6.42 Å². The summed E-state index contributed by atoms with van der Waals surface area (Å²) in [5, 5.41) is 11.8. The molecule has 1 fully saturated rings. The van der Waals surface area contributed by atoms with Crippen LogP contribution in [0.3, 0.4) is 0 Å². The van der Waals surface area contributed by atoms with Gasteiger partial charge in [0.05, 0.1) is 6.04 Å². The number of nitrogens with zero attached hydrogens (tertiary/aromatic N) is 1. The van der Waals surface area contributed by atoms with Crippen LogP contribution in [0.15, 0.2) is 0 Å². The molecule has 0 aromatic heterocycles. The fraction of sp³-hybridized carbons (Fsp3) is 0.846. The number of hydrogen-bond acceptors (Lipinski definition) is 3. The van der Waals surface area contributed by atoms with Gasteiger partial charge in [0.15, 0.2) is 0 Å². The number of carbonyl (C=O) groups excluding carboxylic acids is 1. The smallest absolute Gasteiger partial charge is 0.303 e. The van der Waals surface area contributed by atoms with Crippen LogP contribution in [-0.4, -0.2) is 47.1 Å². The average Bonchev–Trinajstić information content (AvgIpc) is 2.36. The molecule has 5 heteroatoms. The number of likely N-dealkylation sites (tertiary alicyclic amines) is 1. The van der Waals surface area contributed by atoms with Crippen LogP contribution in [-0.2, 0) is 9.59 Å². The second kappa shape index (κ2) is 7.36. The molecule has 0 bridgehead atoms. The molecule has 0 radical (unpaired) electrons. The third-order valence-corrected chi connectivity index (χ3v) is 3.36. The van der Waals surface area contributed by atoms with Gasteiger partial charge in [-0.15, -0.1) is 0 Å². The molecule has 1 rings (SSSR count). The molecule has 104 valence electrons. The van der Waals surface area contributed by atoms with Crippen molar-refractivity contribution < 1.29 is 14.7 Å². The Bertz CT molecular complexity index is 288. The van der Waals surface area contributed by atoms with Gasteiger partial charge in [0.25, 0.3) is 0 Å². The van der Waals surface area contributed by atoms with E-state index in [0.29, 0.717) is 6.42 Å². The molecule has 1 saturated heterocycles. The first-order chi connectivity index (χ1) is 8.50. The number of rotatable bonds is 6. The number of carboxylic acid groups (broad SMARTS) is 1. The molecule has 0 aliphatic carbocycles. The van der Waals surface area contributed by atoms with E-state index in [1.54, 1.807) is 0 Å². The lowest BCUT2D eigenvalue weighted by atomic mass is 10.1. The summed E-state index contributed by atoms with van der Waals surface area (Å²) in [4.78, 5) is 24.5. The first kappa shape index (κ1) is 15.0. The van der Waals surface area contributed by atoms with Gasteiger partial charge < -0.3 is 15.3 Å². The molecule has 5 nitrogen and oxygen atoms in total. The minimum atomic E-state index is -0.793. The lowest BCUT2D eigenvalue weighted by Crippen LogP contribution is -2.49. The minimum absolute atomic E-state index is 0.0461. The van der Waals surface area contributed by atoms with Gasteiger partial charge in [-0.25, -0.2) is 0 Å². The lowest BCUT2D eigenvalue weighted by Gasteiger charge is -2.30. The standard InChI is InChI=1S/C13H24N2O3/c1-10(6-7-12(16)17)14-11(2)13(18)15-8-4-3-5-9-15/h10-11,14H,3-9H2,1-2H3,(H,16,17). The Labute approximate surface area is 109 Å². The van der Waals surface area contributed by atoms with Gasteiger partial charge in [-0.1, -0.05) is 0 Å². The maximum Gasteiger partial charge on any atom is 0.303 e. The van der Waals surface area contributed by atoms with Crippen LogP contribution in [0.25, 0.3) is 0 Å². The monoisotopic (exact) mass is 256 g/mol. The van der Waals surface area contributed by atoms with Crippen LogP contribution < -0.4 is 5.32 Å². The van der Waals surface area contributed by atoms with Crippen molar-refractivity contribution in [1.29, 1.82) is 0 Å². The van der Waals surface area contributed by atoms with Crippen LogP contribution in [0.1, 0.15) is 46.0 Å². The topological polar surface area (TPSA) is 69.6 Å². The van der Waals surface area contributed by atoms with E-state index in [0.717, 1.165) is 25.9 Å². The molecule has 2 atom stereocenters. The first-order valence-electron chi connectivity index (χ1n) is 6.77. The highest BCUT2D eigenvalue weighted by atomic mass is 16.4. The van der Waals surface area contributed by atoms with Crippen LogP contribution >= 0.6 is 0 Å². The van der Waals surface area contributed by atoms with Crippen molar-refractivity contribution in [3.8, 4) is 0 Å². The zero-order valence-corrected chi connectivity index (χ0v) is 11.3. The Morgan fingerprint density at radius 2 is 1.83 bits per heavy atom. The highest BCUT2D eigenvalue weighted by molar-refractivity contribution is 5.81. The lowest BCUT2D eigenvalue weighted by molar-refractivity contribution is -0.137. The minimum Gasteiger partial charge on any atom is -0.481 e. The number of carbonyl (C=O) groups is 2. The molecule has 2 N–H and O–H groups in total. The van der Waals surface area contributed by atoms with Crippen molar-refractivity contribution in [2.45, 2.75) is 58.0 Å². The summed E-state index contributed by atoms with van der Waals surface area (Å²) in [5.41, 5.74) is 0. The zero-order valence-electron chi connectivity index (χ0n) is 11.3. The quantitative estimate of drug-likeness (QED) is 0.750. The Hall–Kier alpha value is -1.10. The van der Waals surface area contributed by atoms with Gasteiger partial charge in [0.1, 0.15) is 0 Å². The molecule has 0 saturated carbocycles. The van der Waals surface area contributed by atoms with E-state index in [9.17, 15) is 9.59 Å². The molecule has 1 heterocycles. The normalized spacial score (nSPS) is 19.3. The van der Waals surface area contributed by atoms with E-state index in [2.05, 4.69) is 5.32 Å². The highest BCUT2D eigenvalue weighted by Crippen LogP contribution is 2.10. The second-order valence-corrected chi connectivity index (χ2v) is 5.11. The van der Waals surface area contributed by atoms with Crippen molar-refractivity contribution in [2.24, 2.45) is 0 Å². The van der Waals surface area contributed by atoms with E-state index >= 15 is 0 Å². The summed E-state index contributed by atoms with van der Waals surface area (Å²) in [6, 6.07) is -0.184. The molecule has 0 spiro atoms. The summed E-state index contributed by atoms with van der Waals surface area (Å²) >= 11 is 0. The average molecular weight is 256 g/mol. The van der Waals surface area contributed by atoms with Gasteiger partial charge in [0.2, 0.25) is 5.91 Å². The summed E-state index contributed by atoms with van der Waals surface area (Å²) in [7, 11) is 0. The third kappa shape index (κ3) is 5.04. The number of hydrogen-bond donors (Lipinski definition) is 2. The van der Waals surface area contributed by atoms with Crippen LogP contribution in [0.5, 0.6) is 0 Å². The van der Waals surface area contributed by atoms with Crippen molar-refractivity contribution in [1.82, 2.24) is 10.2 Å². The molecule has 0 aromatic rings. The molecular weight excluding hydrogens is 232 g/mol. The van der Waals surface area contributed by atoms with Gasteiger partial charge in [0, 0.05) is 25.6 Å². The van der Waals surface area contributed by atoms with E-state index in [4.69, 9.17) is 5.11 Å². The van der Waals surface area contributed by atoms with E-state index in [-0.39, 0.29) is 24.4 Å². The van der Waals surface area contributed by atoms with E-state index in [1.807, 2.05) is 18.7 Å². The highest BCUT2D eigenvalue weighted by Gasteiger charge is 2.22. The maximum absolute atomic E-state index is 12.1. The fourth-order valence-electron chi connectivity index (χ4n) is 2.31. The Balaban J connectivity index is 2.31. The molecule has 1 amide bonds. The maximum atomic E-state index is 12.1. The van der Waals surface area contributed by atoms with Gasteiger partial charge in [-0.2, -0.15) is 0 Å². The predicted octanol–water partition coefficient (Wildman–Crippen LogP) is 1.23. The zero-order chi connectivity index (χ0) is 13.5. The van der Waals surface area contributed by atoms with Crippen molar-refractivity contribution in [3.63, 3.8) is 0 Å². The number of nitrogens with one attached hydrogen (secondary N) is 1. The second-order valence-electron chi connectivity index (χ2n) is 5.11. The largest absolute Gasteiger partial charge is 0.481 e. The Kier molecular flexibility index (Phi) is 6.12. The molecule has 1 aliphatic rings. The van der Waals surface area contributed by atoms with Gasteiger partial charge in [-0.3, -0.25) is 9.59 Å². The Morgan fingerprint density at radius 1 is 1.22 bits per heavy atom. The summed E-state index contributed by atoms with van der Waals surface area (Å²) in [6.45, 7) is 5.49. The molecule has 1 aliphatic heterocycles. The first-order valence-corrected chi connectivity index (χ1v) is 6.77. The predicted molar refractivity (Wildman–Crippen MR) is 69.4 cm³/mol. The van der Waals surface area contributed by atoms with Crippen LogP contribution in [0, 0.1) is 0 Å². The number of aliphatic carboxylic acids is 1.